The molecule has 2 rings (SSSR count). The summed E-state index contributed by atoms with van der Waals surface area (Å²) in [5, 5.41) is 2.15. The summed E-state index contributed by atoms with van der Waals surface area (Å²) < 4.78 is 74.9. The summed E-state index contributed by atoms with van der Waals surface area (Å²) in [6.07, 6.45) is -9.12. The highest BCUT2D eigenvalue weighted by atomic mass is 19.4. The van der Waals surface area contributed by atoms with E-state index in [-0.39, 0.29) is 11.3 Å². The van der Waals surface area contributed by atoms with Gasteiger partial charge in [-0.25, -0.2) is 0 Å². The first-order chi connectivity index (χ1) is 10.6. The van der Waals surface area contributed by atoms with Crippen molar-refractivity contribution in [2.45, 2.75) is 12.4 Å². The molecule has 0 unspecified atom stereocenters. The van der Waals surface area contributed by atoms with E-state index in [1.165, 1.54) is 0 Å². The van der Waals surface area contributed by atoms with Crippen molar-refractivity contribution in [1.29, 1.82) is 0 Å². The van der Waals surface area contributed by atoms with Crippen LogP contribution >= 0.6 is 0 Å². The number of amides is 1. The van der Waals surface area contributed by atoms with Crippen LogP contribution in [0.4, 0.5) is 32.0 Å². The van der Waals surface area contributed by atoms with Crippen molar-refractivity contribution in [2.24, 2.45) is 0 Å². The number of alkyl halides is 6. The van der Waals surface area contributed by atoms with Crippen molar-refractivity contribution >= 4 is 11.6 Å². The number of nitrogens with one attached hydrogen (secondary N) is 1. The Morgan fingerprint density at radius 1 is 0.870 bits per heavy atom. The van der Waals surface area contributed by atoms with E-state index in [2.05, 4.69) is 11.4 Å². The van der Waals surface area contributed by atoms with E-state index in [1.54, 1.807) is 0 Å². The molecule has 2 aromatic carbocycles. The van der Waals surface area contributed by atoms with E-state index in [1.807, 2.05) is 0 Å². The molecule has 23 heavy (non-hydrogen) atoms. The van der Waals surface area contributed by atoms with Gasteiger partial charge in [-0.2, -0.15) is 26.3 Å². The predicted molar refractivity (Wildman–Crippen MR) is 69.7 cm³/mol. The van der Waals surface area contributed by atoms with Gasteiger partial charge in [0, 0.05) is 17.3 Å². The van der Waals surface area contributed by atoms with E-state index in [9.17, 15) is 31.1 Å². The fourth-order valence-corrected chi connectivity index (χ4v) is 1.72. The first-order valence-electron chi connectivity index (χ1n) is 6.15. The highest BCUT2D eigenvalue weighted by Gasteiger charge is 2.31. The van der Waals surface area contributed by atoms with Gasteiger partial charge in [-0.3, -0.25) is 4.79 Å². The molecule has 1 N–H and O–H groups in total. The fourth-order valence-electron chi connectivity index (χ4n) is 1.72. The maximum absolute atomic E-state index is 12.6. The molecule has 0 saturated heterocycles. The molecule has 0 atom stereocenters. The minimum absolute atomic E-state index is 0.121. The minimum atomic E-state index is -4.58. The van der Waals surface area contributed by atoms with Crippen molar-refractivity contribution in [3.63, 3.8) is 0 Å². The van der Waals surface area contributed by atoms with Crippen LogP contribution in [0.15, 0.2) is 42.5 Å². The van der Waals surface area contributed by atoms with Crippen LogP contribution in [0.5, 0.6) is 0 Å². The molecule has 0 spiro atoms. The summed E-state index contributed by atoms with van der Waals surface area (Å²) in [4.78, 5) is 11.8. The van der Waals surface area contributed by atoms with Gasteiger partial charge < -0.3 is 5.32 Å². The average molecular weight is 332 g/mol. The molecule has 0 heterocycles. The molecule has 0 fully saturated rings. The van der Waals surface area contributed by atoms with Crippen LogP contribution < -0.4 is 5.32 Å². The number of carbonyl (C=O) groups is 1. The average Bonchev–Trinajstić information content (AvgIpc) is 2.46. The second kappa shape index (κ2) is 5.94. The molecule has 1 radical (unpaired) electrons. The molecule has 0 aliphatic carbocycles. The maximum atomic E-state index is 12.6. The van der Waals surface area contributed by atoms with Crippen LogP contribution in [0.3, 0.4) is 0 Å². The van der Waals surface area contributed by atoms with Crippen LogP contribution in [0, 0.1) is 6.07 Å². The molecule has 0 aliphatic rings. The molecular weight excluding hydrogens is 324 g/mol. The van der Waals surface area contributed by atoms with Crippen LogP contribution in [0.2, 0.25) is 0 Å². The fraction of sp³-hybridized carbons (Fsp3) is 0.133. The number of anilines is 1. The number of hydrogen-bond donors (Lipinski definition) is 1. The van der Waals surface area contributed by atoms with Gasteiger partial charge in [0.15, 0.2) is 0 Å². The quantitative estimate of drug-likeness (QED) is 0.788. The van der Waals surface area contributed by atoms with E-state index >= 15 is 0 Å². The zero-order chi connectivity index (χ0) is 17.3. The third-order valence-corrected chi connectivity index (χ3v) is 2.85. The van der Waals surface area contributed by atoms with Crippen molar-refractivity contribution in [3.05, 3.63) is 65.2 Å². The first-order valence-corrected chi connectivity index (χ1v) is 6.15. The van der Waals surface area contributed by atoms with Crippen molar-refractivity contribution in [2.75, 3.05) is 5.32 Å². The standard InChI is InChI=1S/C15H8F6NO/c16-14(17,18)10-6-4-9(5-7-10)13(23)22-12-3-1-2-11(8-12)15(19,20)21/h1-2,4-8H,(H,22,23). The van der Waals surface area contributed by atoms with Gasteiger partial charge in [0.2, 0.25) is 0 Å². The molecule has 0 bridgehead atoms. The largest absolute Gasteiger partial charge is 0.416 e. The van der Waals surface area contributed by atoms with Gasteiger partial charge in [-0.15, -0.1) is 0 Å². The number of carbonyl (C=O) groups excluding carboxylic acids is 1. The lowest BCUT2D eigenvalue weighted by molar-refractivity contribution is -0.138. The topological polar surface area (TPSA) is 29.1 Å². The van der Waals surface area contributed by atoms with Gasteiger partial charge in [-0.05, 0) is 36.4 Å². The summed E-state index contributed by atoms with van der Waals surface area (Å²) in [5.74, 6) is -0.839. The summed E-state index contributed by atoms with van der Waals surface area (Å²) in [7, 11) is 0. The van der Waals surface area contributed by atoms with Crippen molar-refractivity contribution < 1.29 is 31.1 Å². The summed E-state index contributed by atoms with van der Waals surface area (Å²) in [6, 6.07) is 8.16. The molecule has 8 heteroatoms. The molecule has 121 valence electrons. The van der Waals surface area contributed by atoms with Crippen LogP contribution in [-0.4, -0.2) is 5.91 Å². The van der Waals surface area contributed by atoms with Gasteiger partial charge in [0.05, 0.1) is 11.1 Å². The summed E-state index contributed by atoms with van der Waals surface area (Å²) >= 11 is 0. The molecule has 0 saturated carbocycles. The zero-order valence-electron chi connectivity index (χ0n) is 11.2. The SMILES string of the molecule is O=C(Nc1[c]ccc(C(F)(F)F)c1)c1ccc(C(F)(F)F)cc1. The van der Waals surface area contributed by atoms with E-state index in [0.29, 0.717) is 18.2 Å². The third kappa shape index (κ3) is 4.24. The highest BCUT2D eigenvalue weighted by Crippen LogP contribution is 2.31. The van der Waals surface area contributed by atoms with Crippen LogP contribution in [0.25, 0.3) is 0 Å². The van der Waals surface area contributed by atoms with Crippen molar-refractivity contribution in [3.8, 4) is 0 Å². The molecular formula is C15H8F6NO. The van der Waals surface area contributed by atoms with Gasteiger partial charge >= 0.3 is 12.4 Å². The minimum Gasteiger partial charge on any atom is -0.321 e. The Hall–Kier alpha value is -2.51. The first kappa shape index (κ1) is 16.9. The zero-order valence-corrected chi connectivity index (χ0v) is 11.2. The van der Waals surface area contributed by atoms with Gasteiger partial charge in [-0.1, -0.05) is 6.07 Å². The second-order valence-electron chi connectivity index (χ2n) is 4.52. The Bertz CT molecular complexity index is 703. The molecule has 2 nitrogen and oxygen atoms in total. The number of halogens is 6. The number of hydrogen-bond acceptors (Lipinski definition) is 1. The van der Waals surface area contributed by atoms with Gasteiger partial charge in [0.1, 0.15) is 0 Å². The van der Waals surface area contributed by atoms with E-state index < -0.39 is 29.4 Å². The van der Waals surface area contributed by atoms with Crippen LogP contribution in [0.1, 0.15) is 21.5 Å². The summed E-state index contributed by atoms with van der Waals surface area (Å²) in [6.45, 7) is 0. The Balaban J connectivity index is 2.16. The summed E-state index contributed by atoms with van der Waals surface area (Å²) in [5.41, 5.74) is -2.26. The molecule has 1 amide bonds. The highest BCUT2D eigenvalue weighted by molar-refractivity contribution is 6.04. The number of benzene rings is 2. The Morgan fingerprint density at radius 2 is 1.43 bits per heavy atom. The molecule has 0 aliphatic heterocycles. The smallest absolute Gasteiger partial charge is 0.321 e. The monoisotopic (exact) mass is 332 g/mol. The van der Waals surface area contributed by atoms with E-state index in [0.717, 1.165) is 24.3 Å². The number of rotatable bonds is 2. The van der Waals surface area contributed by atoms with Crippen molar-refractivity contribution in [1.82, 2.24) is 0 Å². The molecule has 2 aromatic rings. The normalized spacial score (nSPS) is 12.1. The lowest BCUT2D eigenvalue weighted by Gasteiger charge is -2.10. The van der Waals surface area contributed by atoms with Gasteiger partial charge in [0.25, 0.3) is 5.91 Å². The maximum Gasteiger partial charge on any atom is 0.416 e. The van der Waals surface area contributed by atoms with E-state index in [4.69, 9.17) is 0 Å². The molecule has 0 aromatic heterocycles. The lowest BCUT2D eigenvalue weighted by atomic mass is 10.1. The Morgan fingerprint density at radius 3 is 1.96 bits per heavy atom. The lowest BCUT2D eigenvalue weighted by Crippen LogP contribution is -2.14. The predicted octanol–water partition coefficient (Wildman–Crippen LogP) is 4.78. The van der Waals surface area contributed by atoms with Crippen LogP contribution in [-0.2, 0) is 12.4 Å². The third-order valence-electron chi connectivity index (χ3n) is 2.85. The second-order valence-corrected chi connectivity index (χ2v) is 4.52. The Labute approximate surface area is 126 Å². The Kier molecular flexibility index (Phi) is 4.35.